The summed E-state index contributed by atoms with van der Waals surface area (Å²) in [4.78, 5) is 41.4. The number of esters is 2. The number of fused-ring (bicyclic) bond motifs is 1. The first-order valence-corrected chi connectivity index (χ1v) is 13.2. The SMILES string of the molecule is CCOC(=O)COc1ccc(/C=c2\sc3n(c2=O)[C@H](c2ccc(Cl)cc2)C(C(=O)OCC)=C(C(F)(F)F)N=3)cc1. The number of hydrogen-bond acceptors (Lipinski definition) is 8. The number of allylic oxidation sites excluding steroid dienone is 1. The summed E-state index contributed by atoms with van der Waals surface area (Å²) in [6.45, 7) is 2.91. The summed E-state index contributed by atoms with van der Waals surface area (Å²) in [6, 6.07) is 10.7. The highest BCUT2D eigenvalue weighted by atomic mass is 35.5. The maximum atomic E-state index is 14.2. The number of aromatic nitrogens is 1. The van der Waals surface area contributed by atoms with E-state index in [2.05, 4.69) is 4.99 Å². The van der Waals surface area contributed by atoms with E-state index in [0.717, 1.165) is 15.9 Å². The molecule has 2 heterocycles. The van der Waals surface area contributed by atoms with Gasteiger partial charge in [-0.05, 0) is 55.3 Å². The van der Waals surface area contributed by atoms with Gasteiger partial charge in [0, 0.05) is 5.02 Å². The Kier molecular flexibility index (Phi) is 8.79. The van der Waals surface area contributed by atoms with Crippen LogP contribution < -0.4 is 19.6 Å². The van der Waals surface area contributed by atoms with Crippen molar-refractivity contribution in [3.05, 3.63) is 95.6 Å². The maximum absolute atomic E-state index is 14.2. The molecule has 40 heavy (non-hydrogen) atoms. The largest absolute Gasteiger partial charge is 0.482 e. The van der Waals surface area contributed by atoms with Crippen LogP contribution in [0.4, 0.5) is 13.2 Å². The van der Waals surface area contributed by atoms with Crippen molar-refractivity contribution in [3.8, 4) is 5.75 Å². The van der Waals surface area contributed by atoms with Crippen LogP contribution in [0, 0.1) is 0 Å². The van der Waals surface area contributed by atoms with Crippen LogP contribution >= 0.6 is 22.9 Å². The quantitative estimate of drug-likeness (QED) is 0.367. The molecule has 3 aromatic rings. The van der Waals surface area contributed by atoms with Gasteiger partial charge in [-0.3, -0.25) is 9.36 Å². The van der Waals surface area contributed by atoms with Gasteiger partial charge < -0.3 is 14.2 Å². The summed E-state index contributed by atoms with van der Waals surface area (Å²) in [5, 5.41) is 0.323. The van der Waals surface area contributed by atoms with Gasteiger partial charge in [-0.1, -0.05) is 47.2 Å². The smallest absolute Gasteiger partial charge is 0.434 e. The molecule has 0 radical (unpaired) electrons. The van der Waals surface area contributed by atoms with Crippen molar-refractivity contribution < 1.29 is 37.0 Å². The second kappa shape index (κ2) is 12.1. The van der Waals surface area contributed by atoms with E-state index in [1.807, 2.05) is 0 Å². The Hall–Kier alpha value is -3.90. The minimum Gasteiger partial charge on any atom is -0.482 e. The predicted octanol–water partition coefficient (Wildman–Crippen LogP) is 3.94. The van der Waals surface area contributed by atoms with E-state index in [1.54, 1.807) is 31.2 Å². The first kappa shape index (κ1) is 29.1. The van der Waals surface area contributed by atoms with E-state index >= 15 is 0 Å². The Morgan fingerprint density at radius 2 is 1.70 bits per heavy atom. The summed E-state index contributed by atoms with van der Waals surface area (Å²) in [5.74, 6) is -1.38. The number of benzene rings is 2. The molecule has 1 atom stereocenters. The molecule has 13 heteroatoms. The number of carbonyl (C=O) groups excluding carboxylic acids is 2. The third kappa shape index (κ3) is 6.28. The van der Waals surface area contributed by atoms with E-state index in [-0.39, 0.29) is 34.7 Å². The van der Waals surface area contributed by atoms with Crippen molar-refractivity contribution in [3.63, 3.8) is 0 Å². The molecule has 8 nitrogen and oxygen atoms in total. The number of halogens is 4. The Bertz CT molecular complexity index is 1630. The van der Waals surface area contributed by atoms with E-state index in [4.69, 9.17) is 25.8 Å². The zero-order valence-electron chi connectivity index (χ0n) is 21.2. The summed E-state index contributed by atoms with van der Waals surface area (Å²) in [5.41, 5.74) is -2.10. The molecule has 1 aromatic heterocycles. The fourth-order valence-electron chi connectivity index (χ4n) is 3.96. The van der Waals surface area contributed by atoms with E-state index in [1.165, 1.54) is 37.3 Å². The lowest BCUT2D eigenvalue weighted by Crippen LogP contribution is -2.41. The first-order valence-electron chi connectivity index (χ1n) is 12.0. The molecule has 1 aliphatic heterocycles. The number of ether oxygens (including phenoxy) is 3. The first-order chi connectivity index (χ1) is 19.0. The van der Waals surface area contributed by atoms with Crippen LogP contribution in [-0.2, 0) is 19.1 Å². The zero-order chi connectivity index (χ0) is 29.0. The lowest BCUT2D eigenvalue weighted by molar-refractivity contribution is -0.145. The average molecular weight is 595 g/mol. The van der Waals surface area contributed by atoms with Crippen LogP contribution in [0.5, 0.6) is 5.75 Å². The highest BCUT2D eigenvalue weighted by molar-refractivity contribution is 7.07. The monoisotopic (exact) mass is 594 g/mol. The third-order valence-corrected chi connectivity index (χ3v) is 6.86. The third-order valence-electron chi connectivity index (χ3n) is 5.62. The topological polar surface area (TPSA) is 96.2 Å². The van der Waals surface area contributed by atoms with Crippen LogP contribution in [-0.4, -0.2) is 42.5 Å². The fraction of sp³-hybridized carbons (Fsp3) is 0.259. The Morgan fingerprint density at radius 1 is 1.05 bits per heavy atom. The zero-order valence-corrected chi connectivity index (χ0v) is 22.7. The second-order valence-corrected chi connectivity index (χ2v) is 9.72. The molecule has 210 valence electrons. The summed E-state index contributed by atoms with van der Waals surface area (Å²) >= 11 is 6.73. The highest BCUT2D eigenvalue weighted by Crippen LogP contribution is 2.38. The van der Waals surface area contributed by atoms with E-state index < -0.39 is 41.0 Å². The van der Waals surface area contributed by atoms with Crippen molar-refractivity contribution in [2.45, 2.75) is 26.1 Å². The van der Waals surface area contributed by atoms with Gasteiger partial charge in [-0.2, -0.15) is 13.2 Å². The molecule has 0 N–H and O–H groups in total. The highest BCUT2D eigenvalue weighted by Gasteiger charge is 2.45. The molecule has 0 spiro atoms. The number of nitrogens with zero attached hydrogens (tertiary/aromatic N) is 2. The molecule has 0 fully saturated rings. The molecular weight excluding hydrogens is 573 g/mol. The summed E-state index contributed by atoms with van der Waals surface area (Å²) < 4.78 is 58.8. The van der Waals surface area contributed by atoms with Crippen LogP contribution in [0.1, 0.15) is 31.0 Å². The lowest BCUT2D eigenvalue weighted by Gasteiger charge is -2.26. The number of rotatable bonds is 8. The van der Waals surface area contributed by atoms with Crippen LogP contribution in [0.2, 0.25) is 5.02 Å². The van der Waals surface area contributed by atoms with Gasteiger partial charge in [0.05, 0.1) is 29.4 Å². The number of thiazole rings is 1. The van der Waals surface area contributed by atoms with Crippen LogP contribution in [0.15, 0.2) is 69.6 Å². The van der Waals surface area contributed by atoms with Crippen molar-refractivity contribution in [2.75, 3.05) is 19.8 Å². The standard InChI is InChI=1S/C27H22ClF3N2O6S/c1-3-37-20(34)14-39-18-11-5-15(6-12-18)13-19-24(35)33-22(16-7-9-17(28)10-8-16)21(25(36)38-4-2)23(27(29,30)31)32-26(33)40-19/h5-13,22H,3-4,14H2,1-2H3/b19-13-/t22-/m1/s1. The maximum Gasteiger partial charge on any atom is 0.434 e. The predicted molar refractivity (Wildman–Crippen MR) is 141 cm³/mol. The molecule has 0 bridgehead atoms. The lowest BCUT2D eigenvalue weighted by atomic mass is 9.95. The van der Waals surface area contributed by atoms with Gasteiger partial charge in [-0.15, -0.1) is 0 Å². The number of hydrogen-bond donors (Lipinski definition) is 0. The molecule has 2 aromatic carbocycles. The van der Waals surface area contributed by atoms with Gasteiger partial charge in [-0.25, -0.2) is 14.6 Å². The van der Waals surface area contributed by atoms with Gasteiger partial charge >= 0.3 is 18.1 Å². The number of carbonyl (C=O) groups is 2. The van der Waals surface area contributed by atoms with Crippen LogP contribution in [0.3, 0.4) is 0 Å². The molecule has 0 aliphatic carbocycles. The summed E-state index contributed by atoms with van der Waals surface area (Å²) in [6.07, 6.45) is -3.51. The summed E-state index contributed by atoms with van der Waals surface area (Å²) in [7, 11) is 0. The fourth-order valence-corrected chi connectivity index (χ4v) is 5.08. The molecule has 1 aliphatic rings. The van der Waals surface area contributed by atoms with Crippen molar-refractivity contribution in [2.24, 2.45) is 4.99 Å². The molecular formula is C27H22ClF3N2O6S. The van der Waals surface area contributed by atoms with Gasteiger partial charge in [0.1, 0.15) is 5.75 Å². The second-order valence-electron chi connectivity index (χ2n) is 8.28. The molecule has 0 amide bonds. The number of alkyl halides is 3. The van der Waals surface area contributed by atoms with Crippen molar-refractivity contribution in [1.82, 2.24) is 4.57 Å². The normalized spacial score (nSPS) is 15.3. The van der Waals surface area contributed by atoms with Gasteiger partial charge in [0.25, 0.3) is 5.56 Å². The average Bonchev–Trinajstić information content (AvgIpc) is 3.22. The van der Waals surface area contributed by atoms with Gasteiger partial charge in [0.15, 0.2) is 17.1 Å². The molecule has 0 unspecified atom stereocenters. The molecule has 0 saturated carbocycles. The Morgan fingerprint density at radius 3 is 2.30 bits per heavy atom. The molecule has 0 saturated heterocycles. The Labute approximate surface area is 234 Å². The minimum absolute atomic E-state index is 0.0875. The van der Waals surface area contributed by atoms with Gasteiger partial charge in [0.2, 0.25) is 0 Å². The minimum atomic E-state index is -5.00. The van der Waals surface area contributed by atoms with Crippen molar-refractivity contribution >= 4 is 41.0 Å². The Balaban J connectivity index is 1.83. The van der Waals surface area contributed by atoms with E-state index in [0.29, 0.717) is 16.3 Å². The van der Waals surface area contributed by atoms with E-state index in [9.17, 15) is 27.6 Å². The van der Waals surface area contributed by atoms with Crippen LogP contribution in [0.25, 0.3) is 6.08 Å². The van der Waals surface area contributed by atoms with Crippen molar-refractivity contribution in [1.29, 1.82) is 0 Å². The molecule has 4 rings (SSSR count).